The number of fused-ring (bicyclic) bond motifs is 2. The molecule has 21 heavy (non-hydrogen) atoms. The molecule has 0 aliphatic rings. The largest absolute Gasteiger partial charge is 0.300 e. The fraction of sp³-hybridized carbons (Fsp3) is 0. The Kier molecular flexibility index (Phi) is 2.25. The van der Waals surface area contributed by atoms with Gasteiger partial charge < -0.3 is 0 Å². The van der Waals surface area contributed by atoms with Crippen molar-refractivity contribution < 1.29 is 9.55 Å². The highest BCUT2D eigenvalue weighted by Gasteiger charge is 2.21. The molecule has 8 nitrogen and oxygen atoms in total. The lowest BCUT2D eigenvalue weighted by atomic mass is 10.2. The second-order valence-corrected chi connectivity index (χ2v) is 4.43. The van der Waals surface area contributed by atoms with E-state index in [2.05, 4.69) is 19.9 Å². The lowest BCUT2D eigenvalue weighted by molar-refractivity contribution is -0.383. The fourth-order valence-electron chi connectivity index (χ4n) is 2.33. The van der Waals surface area contributed by atoms with E-state index in [1.165, 1.54) is 6.07 Å². The number of nitro groups is 1. The van der Waals surface area contributed by atoms with Gasteiger partial charge in [0.15, 0.2) is 5.52 Å². The van der Waals surface area contributed by atoms with Gasteiger partial charge >= 0.3 is 5.69 Å². The van der Waals surface area contributed by atoms with Crippen molar-refractivity contribution >= 4 is 27.8 Å². The highest BCUT2D eigenvalue weighted by Crippen LogP contribution is 2.29. The molecule has 0 aliphatic carbocycles. The van der Waals surface area contributed by atoms with Gasteiger partial charge in [0.05, 0.1) is 21.6 Å². The standard InChI is InChI=1S/C13H7N5O3/c19-18(20)11-6-5-10(12-13(11)16-21-15-12)17-7-14-8-3-1-2-4-9(8)17/h1-7H. The van der Waals surface area contributed by atoms with Crippen LogP contribution in [-0.4, -0.2) is 24.8 Å². The van der Waals surface area contributed by atoms with Crippen LogP contribution in [0.5, 0.6) is 0 Å². The summed E-state index contributed by atoms with van der Waals surface area (Å²) in [5.74, 6) is 0. The summed E-state index contributed by atoms with van der Waals surface area (Å²) in [6, 6.07) is 10.6. The molecular weight excluding hydrogens is 274 g/mol. The molecule has 0 saturated heterocycles. The fourth-order valence-corrected chi connectivity index (χ4v) is 2.33. The smallest absolute Gasteiger partial charge is 0.296 e. The van der Waals surface area contributed by atoms with Crippen LogP contribution in [-0.2, 0) is 0 Å². The Morgan fingerprint density at radius 2 is 1.90 bits per heavy atom. The molecule has 2 aromatic heterocycles. The number of para-hydroxylation sites is 2. The molecule has 0 radical (unpaired) electrons. The first-order valence-electron chi connectivity index (χ1n) is 6.08. The van der Waals surface area contributed by atoms with Crippen LogP contribution in [0, 0.1) is 10.1 Å². The van der Waals surface area contributed by atoms with Gasteiger partial charge in [-0.25, -0.2) is 9.61 Å². The molecule has 0 amide bonds. The summed E-state index contributed by atoms with van der Waals surface area (Å²) >= 11 is 0. The average molecular weight is 281 g/mol. The zero-order valence-corrected chi connectivity index (χ0v) is 10.5. The van der Waals surface area contributed by atoms with E-state index in [-0.39, 0.29) is 11.2 Å². The van der Waals surface area contributed by atoms with Crippen LogP contribution in [0.4, 0.5) is 5.69 Å². The zero-order chi connectivity index (χ0) is 14.4. The first kappa shape index (κ1) is 11.5. The zero-order valence-electron chi connectivity index (χ0n) is 10.5. The van der Waals surface area contributed by atoms with Crippen molar-refractivity contribution in [2.24, 2.45) is 0 Å². The molecular formula is C13H7N5O3. The molecule has 2 heterocycles. The SMILES string of the molecule is O=[N+]([O-])c1ccc(-n2cnc3ccccc32)c2nonc12. The molecule has 0 aliphatic heterocycles. The third kappa shape index (κ3) is 1.59. The number of rotatable bonds is 2. The van der Waals surface area contributed by atoms with E-state index in [0.717, 1.165) is 11.0 Å². The van der Waals surface area contributed by atoms with E-state index in [4.69, 9.17) is 0 Å². The summed E-state index contributed by atoms with van der Waals surface area (Å²) in [4.78, 5) is 14.8. The molecule has 8 heteroatoms. The van der Waals surface area contributed by atoms with Crippen LogP contribution < -0.4 is 0 Å². The molecule has 102 valence electrons. The molecule has 0 unspecified atom stereocenters. The summed E-state index contributed by atoms with van der Waals surface area (Å²) in [5, 5.41) is 18.4. The molecule has 0 spiro atoms. The molecule has 0 saturated carbocycles. The number of imidazole rings is 1. The Morgan fingerprint density at radius 1 is 1.10 bits per heavy atom. The minimum absolute atomic E-state index is 0.121. The van der Waals surface area contributed by atoms with Gasteiger partial charge in [0, 0.05) is 6.07 Å². The first-order chi connectivity index (χ1) is 10.3. The maximum absolute atomic E-state index is 11.0. The van der Waals surface area contributed by atoms with E-state index in [1.807, 2.05) is 24.3 Å². The highest BCUT2D eigenvalue weighted by molar-refractivity contribution is 5.91. The molecule has 2 aromatic carbocycles. The van der Waals surface area contributed by atoms with Gasteiger partial charge in [-0.3, -0.25) is 14.7 Å². The average Bonchev–Trinajstić information content (AvgIpc) is 3.13. The number of non-ortho nitro benzene ring substituents is 1. The Hall–Kier alpha value is -3.29. The Morgan fingerprint density at radius 3 is 2.76 bits per heavy atom. The number of hydrogen-bond donors (Lipinski definition) is 0. The van der Waals surface area contributed by atoms with E-state index < -0.39 is 4.92 Å². The molecule has 0 fully saturated rings. The second-order valence-electron chi connectivity index (χ2n) is 4.43. The monoisotopic (exact) mass is 281 g/mol. The Labute approximate surface area is 116 Å². The summed E-state index contributed by atoms with van der Waals surface area (Å²) in [6.45, 7) is 0. The van der Waals surface area contributed by atoms with Gasteiger partial charge in [-0.2, -0.15) is 0 Å². The normalized spacial score (nSPS) is 11.2. The Bertz CT molecular complexity index is 988. The Balaban J connectivity index is 2.06. The maximum Gasteiger partial charge on any atom is 0.300 e. The summed E-state index contributed by atoms with van der Waals surface area (Å²) in [7, 11) is 0. The predicted octanol–water partition coefficient (Wildman–Crippen LogP) is 2.47. The summed E-state index contributed by atoms with van der Waals surface area (Å²) in [5.41, 5.74) is 2.63. The maximum atomic E-state index is 11.0. The molecule has 0 atom stereocenters. The van der Waals surface area contributed by atoms with Gasteiger partial charge in [0.1, 0.15) is 6.33 Å². The van der Waals surface area contributed by atoms with Crippen LogP contribution in [0.25, 0.3) is 27.8 Å². The van der Waals surface area contributed by atoms with Crippen molar-refractivity contribution in [3.05, 3.63) is 52.8 Å². The molecule has 4 rings (SSSR count). The highest BCUT2D eigenvalue weighted by atomic mass is 16.6. The lowest BCUT2D eigenvalue weighted by Crippen LogP contribution is -1.96. The number of aromatic nitrogens is 4. The van der Waals surface area contributed by atoms with Crippen LogP contribution in [0.15, 0.2) is 47.4 Å². The minimum Gasteiger partial charge on any atom is -0.296 e. The number of benzene rings is 2. The van der Waals surface area contributed by atoms with Gasteiger partial charge in [-0.05, 0) is 28.5 Å². The molecule has 0 N–H and O–H groups in total. The van der Waals surface area contributed by atoms with E-state index in [1.54, 1.807) is 17.0 Å². The van der Waals surface area contributed by atoms with Crippen molar-refractivity contribution in [2.75, 3.05) is 0 Å². The quantitative estimate of drug-likeness (QED) is 0.413. The number of hydrogen-bond acceptors (Lipinski definition) is 6. The first-order valence-corrected chi connectivity index (χ1v) is 6.08. The van der Waals surface area contributed by atoms with E-state index >= 15 is 0 Å². The third-order valence-electron chi connectivity index (χ3n) is 3.28. The molecule has 0 bridgehead atoms. The minimum atomic E-state index is -0.512. The van der Waals surface area contributed by atoms with Crippen LogP contribution in [0.2, 0.25) is 0 Å². The second kappa shape index (κ2) is 4.10. The third-order valence-corrected chi connectivity index (χ3v) is 3.28. The lowest BCUT2D eigenvalue weighted by Gasteiger charge is -2.04. The van der Waals surface area contributed by atoms with Crippen molar-refractivity contribution in [3.63, 3.8) is 0 Å². The van der Waals surface area contributed by atoms with Crippen LogP contribution >= 0.6 is 0 Å². The van der Waals surface area contributed by atoms with Crippen molar-refractivity contribution in [1.82, 2.24) is 19.9 Å². The van der Waals surface area contributed by atoms with Crippen LogP contribution in [0.1, 0.15) is 0 Å². The van der Waals surface area contributed by atoms with Gasteiger partial charge in [-0.1, -0.05) is 12.1 Å². The van der Waals surface area contributed by atoms with Gasteiger partial charge in [-0.15, -0.1) is 0 Å². The topological polar surface area (TPSA) is 99.9 Å². The number of nitrogens with zero attached hydrogens (tertiary/aromatic N) is 5. The summed E-state index contributed by atoms with van der Waals surface area (Å²) < 4.78 is 6.47. The number of nitro benzene ring substituents is 1. The predicted molar refractivity (Wildman–Crippen MR) is 73.1 cm³/mol. The van der Waals surface area contributed by atoms with E-state index in [9.17, 15) is 10.1 Å². The summed E-state index contributed by atoms with van der Waals surface area (Å²) in [6.07, 6.45) is 1.64. The van der Waals surface area contributed by atoms with Crippen molar-refractivity contribution in [2.45, 2.75) is 0 Å². The van der Waals surface area contributed by atoms with Gasteiger partial charge in [0.2, 0.25) is 5.52 Å². The van der Waals surface area contributed by atoms with Crippen molar-refractivity contribution in [1.29, 1.82) is 0 Å². The molecule has 4 aromatic rings. The van der Waals surface area contributed by atoms with Crippen molar-refractivity contribution in [3.8, 4) is 5.69 Å². The van der Waals surface area contributed by atoms with Crippen LogP contribution in [0.3, 0.4) is 0 Å². The van der Waals surface area contributed by atoms with E-state index in [0.29, 0.717) is 11.2 Å². The van der Waals surface area contributed by atoms with Gasteiger partial charge in [0.25, 0.3) is 0 Å².